The summed E-state index contributed by atoms with van der Waals surface area (Å²) in [5.74, 6) is 0.182. The van der Waals surface area contributed by atoms with Crippen molar-refractivity contribution in [3.63, 3.8) is 0 Å². The van der Waals surface area contributed by atoms with Crippen LogP contribution in [0.25, 0.3) is 10.8 Å². The van der Waals surface area contributed by atoms with Gasteiger partial charge in [-0.05, 0) is 49.6 Å². The molecule has 0 aliphatic rings. The molecule has 0 bridgehead atoms. The van der Waals surface area contributed by atoms with Crippen LogP contribution < -0.4 is 20.3 Å². The van der Waals surface area contributed by atoms with E-state index in [0.29, 0.717) is 27.8 Å². The van der Waals surface area contributed by atoms with Gasteiger partial charge in [0.25, 0.3) is 11.5 Å². The molecule has 3 rings (SSSR count). The minimum absolute atomic E-state index is 0.0407. The maximum Gasteiger partial charge on any atom is 0.258 e. The number of amides is 1. The van der Waals surface area contributed by atoms with Crippen LogP contribution in [-0.2, 0) is 0 Å². The largest absolute Gasteiger partial charge is 0.493 e. The Kier molecular flexibility index (Phi) is 7.18. The highest BCUT2D eigenvalue weighted by molar-refractivity contribution is 6.07. The molecule has 0 saturated carbocycles. The van der Waals surface area contributed by atoms with Crippen LogP contribution in [0.4, 0.5) is 4.39 Å². The average molecular weight is 441 g/mol. The van der Waals surface area contributed by atoms with Crippen molar-refractivity contribution in [1.82, 2.24) is 9.88 Å². The third kappa shape index (κ3) is 4.47. The zero-order valence-electron chi connectivity index (χ0n) is 19.1. The lowest BCUT2D eigenvalue weighted by Crippen LogP contribution is -2.31. The number of benzene rings is 2. The van der Waals surface area contributed by atoms with Crippen molar-refractivity contribution in [2.45, 2.75) is 45.7 Å². The number of carbonyl (C=O) groups excluding carboxylic acids is 1. The Labute approximate surface area is 187 Å². The van der Waals surface area contributed by atoms with Crippen molar-refractivity contribution < 1.29 is 18.7 Å². The molecule has 0 radical (unpaired) electrons. The molecule has 1 aromatic heterocycles. The number of hydrogen-bond donors (Lipinski definition) is 1. The molecule has 0 aliphatic heterocycles. The third-order valence-corrected chi connectivity index (χ3v) is 5.85. The Balaban J connectivity index is 2.16. The minimum Gasteiger partial charge on any atom is -0.493 e. The molecule has 1 N–H and O–H groups in total. The van der Waals surface area contributed by atoms with E-state index in [4.69, 9.17) is 9.47 Å². The summed E-state index contributed by atoms with van der Waals surface area (Å²) in [5, 5.41) is 3.83. The second kappa shape index (κ2) is 9.85. The average Bonchev–Trinajstić information content (AvgIpc) is 2.80. The van der Waals surface area contributed by atoms with Crippen LogP contribution in [0.1, 0.15) is 61.6 Å². The number of ether oxygens (including phenoxy) is 2. The summed E-state index contributed by atoms with van der Waals surface area (Å²) in [6, 6.07) is 8.87. The normalized spacial score (nSPS) is 12.1. The van der Waals surface area contributed by atoms with Gasteiger partial charge in [0.15, 0.2) is 11.5 Å². The topological polar surface area (TPSA) is 69.6 Å². The highest BCUT2D eigenvalue weighted by atomic mass is 19.1. The smallest absolute Gasteiger partial charge is 0.258 e. The predicted molar refractivity (Wildman–Crippen MR) is 123 cm³/mol. The van der Waals surface area contributed by atoms with E-state index in [9.17, 15) is 14.0 Å². The molecular weight excluding hydrogens is 411 g/mol. The molecule has 0 aliphatic carbocycles. The molecule has 0 saturated heterocycles. The number of aromatic nitrogens is 1. The summed E-state index contributed by atoms with van der Waals surface area (Å²) in [6.45, 7) is 5.85. The molecule has 32 heavy (non-hydrogen) atoms. The van der Waals surface area contributed by atoms with E-state index in [0.717, 1.165) is 18.4 Å². The van der Waals surface area contributed by atoms with E-state index >= 15 is 0 Å². The molecule has 6 nitrogen and oxygen atoms in total. The monoisotopic (exact) mass is 440 g/mol. The number of fused-ring (bicyclic) bond motifs is 1. The van der Waals surface area contributed by atoms with Crippen LogP contribution in [0, 0.1) is 5.82 Å². The predicted octanol–water partition coefficient (Wildman–Crippen LogP) is 5.01. The molecule has 3 aromatic rings. The van der Waals surface area contributed by atoms with Gasteiger partial charge < -0.3 is 19.4 Å². The number of halogens is 1. The van der Waals surface area contributed by atoms with Gasteiger partial charge in [0.2, 0.25) is 0 Å². The molecule has 170 valence electrons. The Bertz CT molecular complexity index is 1170. The van der Waals surface area contributed by atoms with E-state index in [1.165, 1.54) is 26.4 Å². The molecule has 7 heteroatoms. The van der Waals surface area contributed by atoms with E-state index in [-0.39, 0.29) is 29.4 Å². The number of methoxy groups -OCH3 is 2. The number of nitrogens with zero attached hydrogens (tertiary/aromatic N) is 1. The maximum absolute atomic E-state index is 13.4. The SMILES string of the molecule is CCC(CC)n1cc(C(=O)N[C@@H](C)c2ccc(F)cc2)c2cc(OC)c(OC)cc2c1=O. The first-order valence-electron chi connectivity index (χ1n) is 10.7. The van der Waals surface area contributed by atoms with Gasteiger partial charge in [0.1, 0.15) is 5.82 Å². The number of rotatable bonds is 8. The first-order valence-corrected chi connectivity index (χ1v) is 10.7. The van der Waals surface area contributed by atoms with Crippen LogP contribution >= 0.6 is 0 Å². The number of pyridine rings is 1. The van der Waals surface area contributed by atoms with Crippen LogP contribution in [0.5, 0.6) is 11.5 Å². The van der Waals surface area contributed by atoms with Crippen molar-refractivity contribution in [3.8, 4) is 11.5 Å². The third-order valence-electron chi connectivity index (χ3n) is 5.85. The highest BCUT2D eigenvalue weighted by Gasteiger charge is 2.21. The van der Waals surface area contributed by atoms with Crippen LogP contribution in [0.2, 0.25) is 0 Å². The fourth-order valence-electron chi connectivity index (χ4n) is 3.93. The first kappa shape index (κ1) is 23.3. The zero-order valence-corrected chi connectivity index (χ0v) is 19.1. The first-order chi connectivity index (χ1) is 15.3. The number of nitrogens with one attached hydrogen (secondary N) is 1. The lowest BCUT2D eigenvalue weighted by Gasteiger charge is -2.21. The van der Waals surface area contributed by atoms with E-state index in [1.54, 1.807) is 35.0 Å². The Morgan fingerprint density at radius 3 is 2.12 bits per heavy atom. The molecule has 1 atom stereocenters. The van der Waals surface area contributed by atoms with Crippen LogP contribution in [0.3, 0.4) is 0 Å². The van der Waals surface area contributed by atoms with Crippen molar-refractivity contribution in [3.05, 3.63) is 69.9 Å². The van der Waals surface area contributed by atoms with Gasteiger partial charge in [-0.15, -0.1) is 0 Å². The van der Waals surface area contributed by atoms with Crippen LogP contribution in [0.15, 0.2) is 47.4 Å². The summed E-state index contributed by atoms with van der Waals surface area (Å²) in [5.41, 5.74) is 0.954. The lowest BCUT2D eigenvalue weighted by molar-refractivity contribution is 0.0940. The van der Waals surface area contributed by atoms with E-state index in [1.807, 2.05) is 20.8 Å². The zero-order chi connectivity index (χ0) is 23.4. The molecule has 0 spiro atoms. The fraction of sp³-hybridized carbons (Fsp3) is 0.360. The minimum atomic E-state index is -0.355. The van der Waals surface area contributed by atoms with Gasteiger partial charge in [-0.1, -0.05) is 26.0 Å². The molecule has 1 amide bonds. The standard InChI is InChI=1S/C25H29FN2O4/c1-6-18(7-2)28-14-21(24(29)27-15(3)16-8-10-17(26)11-9-16)19-12-22(31-4)23(32-5)13-20(19)25(28)30/h8-15,18H,6-7H2,1-5H3,(H,27,29)/t15-/m0/s1. The van der Waals surface area contributed by atoms with Gasteiger partial charge in [0, 0.05) is 17.6 Å². The fourth-order valence-corrected chi connectivity index (χ4v) is 3.93. The van der Waals surface area contributed by atoms with Crippen molar-refractivity contribution in [2.24, 2.45) is 0 Å². The molecule has 2 aromatic carbocycles. The van der Waals surface area contributed by atoms with Crippen molar-refractivity contribution in [2.75, 3.05) is 14.2 Å². The Morgan fingerprint density at radius 2 is 1.59 bits per heavy atom. The molecule has 0 unspecified atom stereocenters. The second-order valence-corrected chi connectivity index (χ2v) is 7.72. The Hall–Kier alpha value is -3.35. The lowest BCUT2D eigenvalue weighted by atomic mass is 10.0. The van der Waals surface area contributed by atoms with Crippen LogP contribution in [-0.4, -0.2) is 24.7 Å². The van der Waals surface area contributed by atoms with Crippen molar-refractivity contribution in [1.29, 1.82) is 0 Å². The van der Waals surface area contributed by atoms with Gasteiger partial charge in [-0.3, -0.25) is 9.59 Å². The maximum atomic E-state index is 13.4. The van der Waals surface area contributed by atoms with Crippen molar-refractivity contribution >= 4 is 16.7 Å². The number of carbonyl (C=O) groups is 1. The van der Waals surface area contributed by atoms with Gasteiger partial charge in [-0.25, -0.2) is 4.39 Å². The summed E-state index contributed by atoms with van der Waals surface area (Å²) in [4.78, 5) is 26.7. The molecule has 1 heterocycles. The summed E-state index contributed by atoms with van der Waals surface area (Å²) in [6.07, 6.45) is 3.13. The number of hydrogen-bond acceptors (Lipinski definition) is 4. The quantitative estimate of drug-likeness (QED) is 0.535. The van der Waals surface area contributed by atoms with Gasteiger partial charge >= 0.3 is 0 Å². The summed E-state index contributed by atoms with van der Waals surface area (Å²) >= 11 is 0. The Morgan fingerprint density at radius 1 is 1.03 bits per heavy atom. The highest BCUT2D eigenvalue weighted by Crippen LogP contribution is 2.33. The van der Waals surface area contributed by atoms with E-state index in [2.05, 4.69) is 5.32 Å². The summed E-state index contributed by atoms with van der Waals surface area (Å²) < 4.78 is 25.7. The van der Waals surface area contributed by atoms with Gasteiger partial charge in [-0.2, -0.15) is 0 Å². The van der Waals surface area contributed by atoms with E-state index < -0.39 is 0 Å². The van der Waals surface area contributed by atoms with Gasteiger partial charge in [0.05, 0.1) is 31.2 Å². The summed E-state index contributed by atoms with van der Waals surface area (Å²) in [7, 11) is 3.01. The molecule has 0 fully saturated rings. The second-order valence-electron chi connectivity index (χ2n) is 7.72. The molecular formula is C25H29FN2O4.